The molecule has 0 atom stereocenters. The van der Waals surface area contributed by atoms with E-state index in [0.29, 0.717) is 12.5 Å². The molecule has 3 heteroatoms. The van der Waals surface area contributed by atoms with Crippen LogP contribution in [0.15, 0.2) is 0 Å². The van der Waals surface area contributed by atoms with Gasteiger partial charge in [-0.05, 0) is 52.4 Å². The van der Waals surface area contributed by atoms with Gasteiger partial charge >= 0.3 is 0 Å². The zero-order valence-electron chi connectivity index (χ0n) is 13.2. The van der Waals surface area contributed by atoms with E-state index >= 15 is 0 Å². The highest BCUT2D eigenvalue weighted by Gasteiger charge is 2.20. The molecule has 0 saturated heterocycles. The average Bonchev–Trinajstić information content (AvgIpc) is 2.29. The predicted molar refractivity (Wildman–Crippen MR) is 81.2 cm³/mol. The van der Waals surface area contributed by atoms with E-state index in [1.54, 1.807) is 0 Å². The van der Waals surface area contributed by atoms with Crippen LogP contribution in [0.2, 0.25) is 0 Å². The third-order valence-corrected chi connectivity index (χ3v) is 3.84. The number of rotatable bonds is 6. The van der Waals surface area contributed by atoms with Crippen LogP contribution in [0, 0.1) is 5.92 Å². The highest BCUT2D eigenvalue weighted by Crippen LogP contribution is 2.27. The minimum absolute atomic E-state index is 0.116. The molecule has 0 spiro atoms. The number of hydrogen-bond donors (Lipinski definition) is 2. The molecule has 0 bridgehead atoms. The first-order chi connectivity index (χ1) is 8.90. The van der Waals surface area contributed by atoms with E-state index < -0.39 is 0 Å². The predicted octanol–water partition coefficient (Wildman–Crippen LogP) is 3.24. The van der Waals surface area contributed by atoms with Gasteiger partial charge in [-0.2, -0.15) is 0 Å². The Bertz CT molecular complexity index is 262. The molecule has 1 fully saturated rings. The van der Waals surface area contributed by atoms with Crippen molar-refractivity contribution >= 4 is 5.91 Å². The maximum Gasteiger partial charge on any atom is 0.221 e. The zero-order valence-corrected chi connectivity index (χ0v) is 13.2. The Kier molecular flexibility index (Phi) is 6.84. The van der Waals surface area contributed by atoms with Gasteiger partial charge in [-0.1, -0.05) is 19.8 Å². The lowest BCUT2D eigenvalue weighted by Gasteiger charge is -2.29. The highest BCUT2D eigenvalue weighted by molar-refractivity contribution is 5.76. The minimum atomic E-state index is -0.116. The number of carbonyl (C=O) groups is 1. The summed E-state index contributed by atoms with van der Waals surface area (Å²) in [5.74, 6) is 1.10. The molecule has 0 aromatic heterocycles. The molecule has 0 aromatic carbocycles. The van der Waals surface area contributed by atoms with Crippen molar-refractivity contribution in [2.75, 3.05) is 6.54 Å². The van der Waals surface area contributed by atoms with E-state index in [4.69, 9.17) is 0 Å². The SMILES string of the molecule is CCCC1CCC(NCCC(=O)NC(C)(C)C)CC1. The first-order valence-corrected chi connectivity index (χ1v) is 7.95. The Balaban J connectivity index is 2.09. The van der Waals surface area contributed by atoms with Crippen molar-refractivity contribution in [1.82, 2.24) is 10.6 Å². The molecule has 3 nitrogen and oxygen atoms in total. The van der Waals surface area contributed by atoms with Crippen molar-refractivity contribution in [3.63, 3.8) is 0 Å². The maximum absolute atomic E-state index is 11.7. The number of carbonyl (C=O) groups excluding carboxylic acids is 1. The van der Waals surface area contributed by atoms with E-state index in [-0.39, 0.29) is 11.4 Å². The summed E-state index contributed by atoms with van der Waals surface area (Å²) in [6.45, 7) is 9.15. The van der Waals surface area contributed by atoms with Gasteiger partial charge in [-0.3, -0.25) is 4.79 Å². The fourth-order valence-electron chi connectivity index (χ4n) is 2.93. The highest BCUT2D eigenvalue weighted by atomic mass is 16.1. The molecule has 0 heterocycles. The van der Waals surface area contributed by atoms with Crippen LogP contribution in [0.25, 0.3) is 0 Å². The van der Waals surface area contributed by atoms with Gasteiger partial charge in [0, 0.05) is 24.5 Å². The molecule has 1 saturated carbocycles. The fourth-order valence-corrected chi connectivity index (χ4v) is 2.93. The summed E-state index contributed by atoms with van der Waals surface area (Å²) in [5, 5.41) is 6.54. The van der Waals surface area contributed by atoms with Crippen molar-refractivity contribution in [1.29, 1.82) is 0 Å². The normalized spacial score (nSPS) is 24.2. The zero-order chi connectivity index (χ0) is 14.3. The summed E-state index contributed by atoms with van der Waals surface area (Å²) >= 11 is 0. The molecule has 1 aliphatic carbocycles. The number of hydrogen-bond acceptors (Lipinski definition) is 2. The number of nitrogens with one attached hydrogen (secondary N) is 2. The molecule has 1 aliphatic rings. The monoisotopic (exact) mass is 268 g/mol. The van der Waals surface area contributed by atoms with Gasteiger partial charge in [0.1, 0.15) is 0 Å². The molecule has 1 rings (SSSR count). The smallest absolute Gasteiger partial charge is 0.221 e. The van der Waals surface area contributed by atoms with Gasteiger partial charge in [-0.25, -0.2) is 0 Å². The lowest BCUT2D eigenvalue weighted by Crippen LogP contribution is -2.42. The fraction of sp³-hybridized carbons (Fsp3) is 0.938. The lowest BCUT2D eigenvalue weighted by atomic mass is 9.83. The first kappa shape index (κ1) is 16.5. The van der Waals surface area contributed by atoms with Crippen molar-refractivity contribution in [3.05, 3.63) is 0 Å². The third kappa shape index (κ3) is 7.56. The van der Waals surface area contributed by atoms with Crippen LogP contribution in [0.4, 0.5) is 0 Å². The molecule has 0 radical (unpaired) electrons. The Morgan fingerprint density at radius 1 is 1.16 bits per heavy atom. The van der Waals surface area contributed by atoms with Gasteiger partial charge in [0.25, 0.3) is 0 Å². The molecule has 0 aromatic rings. The lowest BCUT2D eigenvalue weighted by molar-refractivity contribution is -0.122. The second kappa shape index (κ2) is 7.88. The van der Waals surface area contributed by atoms with E-state index in [1.165, 1.54) is 38.5 Å². The van der Waals surface area contributed by atoms with E-state index in [2.05, 4.69) is 17.6 Å². The van der Waals surface area contributed by atoms with Crippen molar-refractivity contribution in [2.45, 2.75) is 84.2 Å². The van der Waals surface area contributed by atoms with E-state index in [9.17, 15) is 4.79 Å². The third-order valence-electron chi connectivity index (χ3n) is 3.84. The second-order valence-electron chi connectivity index (χ2n) is 7.01. The van der Waals surface area contributed by atoms with Crippen molar-refractivity contribution in [2.24, 2.45) is 5.92 Å². The summed E-state index contributed by atoms with van der Waals surface area (Å²) in [5.41, 5.74) is -0.116. The summed E-state index contributed by atoms with van der Waals surface area (Å²) in [6.07, 6.45) is 8.58. The van der Waals surface area contributed by atoms with Crippen LogP contribution in [-0.4, -0.2) is 24.0 Å². The van der Waals surface area contributed by atoms with Crippen molar-refractivity contribution in [3.8, 4) is 0 Å². The van der Waals surface area contributed by atoms with Crippen LogP contribution in [0.5, 0.6) is 0 Å². The largest absolute Gasteiger partial charge is 0.351 e. The summed E-state index contributed by atoms with van der Waals surface area (Å²) < 4.78 is 0. The maximum atomic E-state index is 11.7. The van der Waals surface area contributed by atoms with Gasteiger partial charge in [0.2, 0.25) is 5.91 Å². The molecular weight excluding hydrogens is 236 g/mol. The molecule has 1 amide bonds. The molecule has 112 valence electrons. The summed E-state index contributed by atoms with van der Waals surface area (Å²) in [6, 6.07) is 0.635. The van der Waals surface area contributed by atoms with Gasteiger partial charge in [0.15, 0.2) is 0 Å². The standard InChI is InChI=1S/C16H32N2O/c1-5-6-13-7-9-14(10-8-13)17-12-11-15(19)18-16(2,3)4/h13-14,17H,5-12H2,1-4H3,(H,18,19). The Morgan fingerprint density at radius 2 is 1.79 bits per heavy atom. The first-order valence-electron chi connectivity index (χ1n) is 7.95. The summed E-state index contributed by atoms with van der Waals surface area (Å²) in [4.78, 5) is 11.7. The Hall–Kier alpha value is -0.570. The van der Waals surface area contributed by atoms with Gasteiger partial charge in [-0.15, -0.1) is 0 Å². The van der Waals surface area contributed by atoms with Crippen LogP contribution in [0.1, 0.15) is 72.6 Å². The van der Waals surface area contributed by atoms with E-state index in [1.807, 2.05) is 20.8 Å². The van der Waals surface area contributed by atoms with Crippen LogP contribution >= 0.6 is 0 Å². The topological polar surface area (TPSA) is 41.1 Å². The number of amides is 1. The minimum Gasteiger partial charge on any atom is -0.351 e. The van der Waals surface area contributed by atoms with Gasteiger partial charge in [0.05, 0.1) is 0 Å². The van der Waals surface area contributed by atoms with Crippen LogP contribution in [0.3, 0.4) is 0 Å². The quantitative estimate of drug-likeness (QED) is 0.776. The van der Waals surface area contributed by atoms with Gasteiger partial charge < -0.3 is 10.6 Å². The van der Waals surface area contributed by atoms with Crippen LogP contribution < -0.4 is 10.6 Å². The molecule has 19 heavy (non-hydrogen) atoms. The van der Waals surface area contributed by atoms with Crippen LogP contribution in [-0.2, 0) is 4.79 Å². The molecule has 0 aliphatic heterocycles. The Labute approximate surface area is 118 Å². The summed E-state index contributed by atoms with van der Waals surface area (Å²) in [7, 11) is 0. The Morgan fingerprint density at radius 3 is 2.32 bits per heavy atom. The molecule has 2 N–H and O–H groups in total. The van der Waals surface area contributed by atoms with E-state index in [0.717, 1.165) is 12.5 Å². The molecule has 0 unspecified atom stereocenters. The van der Waals surface area contributed by atoms with Crippen molar-refractivity contribution < 1.29 is 4.79 Å². The molecular formula is C16H32N2O. The average molecular weight is 268 g/mol. The second-order valence-corrected chi connectivity index (χ2v) is 7.01.